The summed E-state index contributed by atoms with van der Waals surface area (Å²) >= 11 is 0. The Balaban J connectivity index is 0.00000294. The summed E-state index contributed by atoms with van der Waals surface area (Å²) in [5.41, 5.74) is 7.77. The van der Waals surface area contributed by atoms with Gasteiger partial charge in [-0.15, -0.1) is 0 Å². The van der Waals surface area contributed by atoms with E-state index in [0.29, 0.717) is 28.2 Å². The highest BCUT2D eigenvalue weighted by Gasteiger charge is 2.56. The monoisotopic (exact) mass is 581 g/mol. The van der Waals surface area contributed by atoms with E-state index in [-0.39, 0.29) is 29.1 Å². The molecule has 38 heavy (non-hydrogen) atoms. The number of ether oxygens (including phenoxy) is 1. The van der Waals surface area contributed by atoms with Crippen LogP contribution in [0.1, 0.15) is 68.7 Å². The second-order valence-electron chi connectivity index (χ2n) is 11.4. The van der Waals surface area contributed by atoms with Gasteiger partial charge in [0.1, 0.15) is 6.54 Å². The number of quaternary nitrogens is 1. The van der Waals surface area contributed by atoms with E-state index in [1.54, 1.807) is 0 Å². The van der Waals surface area contributed by atoms with Crippen LogP contribution in [0, 0.1) is 5.92 Å². The topological polar surface area (TPSA) is 95.4 Å². The number of carbonyl (C=O) groups excluding carboxylic acids is 2. The minimum Gasteiger partial charge on any atom is -1.00 e. The number of piperidine rings is 3. The summed E-state index contributed by atoms with van der Waals surface area (Å²) in [5, 5.41) is 5.14. The number of halogens is 1. The summed E-state index contributed by atoms with van der Waals surface area (Å²) in [6.07, 6.45) is 7.57. The fraction of sp³-hybridized carbons (Fsp3) is 0.500. The first-order valence-corrected chi connectivity index (χ1v) is 13.8. The molecule has 4 aliphatic rings. The van der Waals surface area contributed by atoms with Crippen molar-refractivity contribution in [1.29, 1.82) is 0 Å². The average molecular weight is 583 g/mol. The number of rotatable bonds is 6. The smallest absolute Gasteiger partial charge is 0.317 e. The van der Waals surface area contributed by atoms with Crippen molar-refractivity contribution in [2.45, 2.75) is 68.9 Å². The van der Waals surface area contributed by atoms with Crippen molar-refractivity contribution in [3.8, 4) is 0 Å². The van der Waals surface area contributed by atoms with Gasteiger partial charge in [0.2, 0.25) is 6.04 Å². The Morgan fingerprint density at radius 2 is 1.63 bits per heavy atom. The largest absolute Gasteiger partial charge is 1.00 e. The Hall–Kier alpha value is -2.71. The molecule has 1 unspecified atom stereocenters. The van der Waals surface area contributed by atoms with Crippen LogP contribution < -0.4 is 22.7 Å². The Kier molecular flexibility index (Phi) is 7.65. The van der Waals surface area contributed by atoms with Crippen molar-refractivity contribution in [3.63, 3.8) is 0 Å². The Morgan fingerprint density at radius 1 is 0.974 bits per heavy atom. The van der Waals surface area contributed by atoms with E-state index >= 15 is 0 Å². The zero-order valence-electron chi connectivity index (χ0n) is 21.7. The number of amides is 1. The zero-order valence-corrected chi connectivity index (χ0v) is 23.3. The van der Waals surface area contributed by atoms with Gasteiger partial charge in [0.25, 0.3) is 5.91 Å². The third-order valence-electron chi connectivity index (χ3n) is 9.37. The maximum absolute atomic E-state index is 14.1. The molecule has 202 valence electrons. The molecule has 1 aromatic heterocycles. The highest BCUT2D eigenvalue weighted by molar-refractivity contribution is 5.88. The Morgan fingerprint density at radius 3 is 2.32 bits per heavy atom. The molecule has 2 atom stereocenters. The molecule has 3 saturated heterocycles. The van der Waals surface area contributed by atoms with Gasteiger partial charge in [-0.25, -0.2) is 0 Å². The van der Waals surface area contributed by atoms with E-state index in [1.807, 2.05) is 42.5 Å². The number of primary amides is 1. The third-order valence-corrected chi connectivity index (χ3v) is 9.37. The van der Waals surface area contributed by atoms with Gasteiger partial charge in [-0.3, -0.25) is 9.59 Å². The minimum atomic E-state index is -0.632. The number of aromatic nitrogens is 1. The molecule has 2 aromatic carbocycles. The van der Waals surface area contributed by atoms with Gasteiger partial charge in [0.15, 0.2) is 17.4 Å². The summed E-state index contributed by atoms with van der Waals surface area (Å²) in [6, 6.07) is 17.2. The SMILES string of the molecule is NC(=O)C(c1noc2ccccc12)[N+]12CCC(CC1)[C@@H](OC(=O)C1(c3ccccc3)CCCCCC1)C2.[Br-]. The van der Waals surface area contributed by atoms with Crippen LogP contribution in [0.3, 0.4) is 0 Å². The van der Waals surface area contributed by atoms with Gasteiger partial charge in [0.05, 0.1) is 23.9 Å². The van der Waals surface area contributed by atoms with Crippen LogP contribution >= 0.6 is 0 Å². The Bertz CT molecular complexity index is 1280. The highest BCUT2D eigenvalue weighted by atomic mass is 79.9. The number of esters is 1. The summed E-state index contributed by atoms with van der Waals surface area (Å²) in [7, 11) is 0. The van der Waals surface area contributed by atoms with Crippen LogP contribution in [-0.4, -0.2) is 47.3 Å². The molecule has 1 saturated carbocycles. The van der Waals surface area contributed by atoms with Gasteiger partial charge < -0.3 is 36.5 Å². The number of nitrogens with two attached hydrogens (primary N) is 1. The van der Waals surface area contributed by atoms with Gasteiger partial charge >= 0.3 is 5.97 Å². The molecule has 3 aliphatic heterocycles. The molecule has 0 radical (unpaired) electrons. The van der Waals surface area contributed by atoms with E-state index in [1.165, 1.54) is 0 Å². The number of hydrogen-bond donors (Lipinski definition) is 1. The van der Waals surface area contributed by atoms with Crippen molar-refractivity contribution >= 4 is 22.8 Å². The number of nitrogens with zero attached hydrogens (tertiary/aromatic N) is 2. The van der Waals surface area contributed by atoms with Crippen LogP contribution in [-0.2, 0) is 19.7 Å². The second-order valence-corrected chi connectivity index (χ2v) is 11.4. The van der Waals surface area contributed by atoms with Crippen LogP contribution in [0.2, 0.25) is 0 Å². The summed E-state index contributed by atoms with van der Waals surface area (Å²) in [5.74, 6) is -0.195. The predicted molar refractivity (Wildman–Crippen MR) is 139 cm³/mol. The summed E-state index contributed by atoms with van der Waals surface area (Å²) in [4.78, 5) is 27.1. The van der Waals surface area contributed by atoms with Crippen LogP contribution in [0.15, 0.2) is 59.1 Å². The molecule has 8 heteroatoms. The summed E-state index contributed by atoms with van der Waals surface area (Å²) in [6.45, 7) is 2.21. The van der Waals surface area contributed by atoms with Gasteiger partial charge in [-0.1, -0.05) is 73.3 Å². The number of benzene rings is 2. The number of fused-ring (bicyclic) bond motifs is 4. The fourth-order valence-electron chi connectivity index (χ4n) is 7.38. The fourth-order valence-corrected chi connectivity index (χ4v) is 7.38. The van der Waals surface area contributed by atoms with Crippen LogP contribution in [0.5, 0.6) is 0 Å². The molecule has 4 fully saturated rings. The van der Waals surface area contributed by atoms with Crippen molar-refractivity contribution in [1.82, 2.24) is 5.16 Å². The quantitative estimate of drug-likeness (QED) is 0.272. The average Bonchev–Trinajstić information content (AvgIpc) is 3.16. The highest BCUT2D eigenvalue weighted by Crippen LogP contribution is 2.45. The van der Waals surface area contributed by atoms with Gasteiger partial charge in [-0.05, 0) is 30.5 Å². The summed E-state index contributed by atoms with van der Waals surface area (Å²) < 4.78 is 12.5. The molecule has 1 amide bonds. The molecule has 0 spiro atoms. The standard InChI is InChI=1S/C30H35N3O4.BrH/c31-28(34)27(26-23-12-6-7-13-24(23)37-32-26)33-18-14-21(15-19-33)25(20-33)36-29(35)30(16-8-1-2-9-17-30)22-10-4-3-5-11-22;/h3-7,10-13,21,25,27H,1-2,8-9,14-20H2,(H-,31,34);1H/t21?,25-,27?,33?;/m0./s1. The van der Waals surface area contributed by atoms with E-state index in [0.717, 1.165) is 75.4 Å². The maximum Gasteiger partial charge on any atom is 0.317 e. The van der Waals surface area contributed by atoms with Crippen molar-refractivity contribution in [2.75, 3.05) is 19.6 Å². The van der Waals surface area contributed by atoms with E-state index < -0.39 is 17.4 Å². The first-order valence-electron chi connectivity index (χ1n) is 13.8. The van der Waals surface area contributed by atoms with Crippen molar-refractivity contribution < 1.29 is 40.3 Å². The first-order chi connectivity index (χ1) is 18.0. The van der Waals surface area contributed by atoms with E-state index in [9.17, 15) is 9.59 Å². The number of para-hydroxylation sites is 1. The minimum absolute atomic E-state index is 0. The predicted octanol–water partition coefficient (Wildman–Crippen LogP) is 1.80. The second kappa shape index (κ2) is 10.8. The van der Waals surface area contributed by atoms with Crippen molar-refractivity contribution in [2.24, 2.45) is 11.7 Å². The van der Waals surface area contributed by atoms with Gasteiger partial charge in [0, 0.05) is 18.8 Å². The maximum atomic E-state index is 14.1. The van der Waals surface area contributed by atoms with Gasteiger partial charge in [-0.2, -0.15) is 0 Å². The Labute approximate surface area is 234 Å². The molecule has 2 bridgehead atoms. The van der Waals surface area contributed by atoms with Crippen molar-refractivity contribution in [3.05, 3.63) is 65.9 Å². The number of hydrogen-bond acceptors (Lipinski definition) is 5. The number of carbonyl (C=O) groups is 2. The van der Waals surface area contributed by atoms with Crippen LogP contribution in [0.4, 0.5) is 0 Å². The third kappa shape index (κ3) is 4.56. The molecular formula is C30H36BrN3O4. The lowest BCUT2D eigenvalue weighted by Crippen LogP contribution is -3.00. The lowest BCUT2D eigenvalue weighted by atomic mass is 9.74. The first kappa shape index (κ1) is 26.9. The normalized spacial score (nSPS) is 27.2. The molecule has 1 aliphatic carbocycles. The molecule has 7 rings (SSSR count). The van der Waals surface area contributed by atoms with E-state index in [4.69, 9.17) is 15.0 Å². The zero-order chi connectivity index (χ0) is 25.5. The molecule has 4 heterocycles. The van der Waals surface area contributed by atoms with Crippen LogP contribution in [0.25, 0.3) is 11.0 Å². The molecular weight excluding hydrogens is 546 g/mol. The lowest BCUT2D eigenvalue weighted by molar-refractivity contribution is -0.965. The molecule has 3 aromatic rings. The molecule has 2 N–H and O–H groups in total. The van der Waals surface area contributed by atoms with E-state index in [2.05, 4.69) is 17.3 Å². The lowest BCUT2D eigenvalue weighted by Gasteiger charge is -2.54. The molecule has 7 nitrogen and oxygen atoms in total.